The molecule has 5 rings (SSSR count). The quantitative estimate of drug-likeness (QED) is 0.277. The van der Waals surface area contributed by atoms with Gasteiger partial charge in [0.1, 0.15) is 5.75 Å². The molecule has 0 spiro atoms. The summed E-state index contributed by atoms with van der Waals surface area (Å²) in [5, 5.41) is 21.2. The Bertz CT molecular complexity index is 1330. The van der Waals surface area contributed by atoms with E-state index in [-0.39, 0.29) is 35.7 Å². The van der Waals surface area contributed by atoms with E-state index in [0.29, 0.717) is 37.0 Å². The Kier molecular flexibility index (Phi) is 8.57. The van der Waals surface area contributed by atoms with Crippen LogP contribution < -0.4 is 0 Å². The first-order valence-electron chi connectivity index (χ1n) is 13.7. The van der Waals surface area contributed by atoms with Crippen LogP contribution in [0.5, 0.6) is 5.75 Å². The number of rotatable bonds is 8. The van der Waals surface area contributed by atoms with Crippen LogP contribution in [-0.2, 0) is 9.39 Å². The number of ketones is 2. The molecule has 2 aromatic carbocycles. The Balaban J connectivity index is 1.48. The average molecular weight is 593 g/mol. The Hall–Kier alpha value is -2.52. The Morgan fingerprint density at radius 2 is 1.87 bits per heavy atom. The van der Waals surface area contributed by atoms with Crippen molar-refractivity contribution in [1.29, 1.82) is 0 Å². The molecule has 3 aliphatic rings. The van der Waals surface area contributed by atoms with Gasteiger partial charge in [-0.05, 0) is 67.3 Å². The molecule has 1 fully saturated rings. The van der Waals surface area contributed by atoms with Gasteiger partial charge in [-0.15, -0.1) is 0 Å². The summed E-state index contributed by atoms with van der Waals surface area (Å²) in [6.07, 6.45) is 5.53. The van der Waals surface area contributed by atoms with Crippen molar-refractivity contribution in [2.24, 2.45) is 17.8 Å². The summed E-state index contributed by atoms with van der Waals surface area (Å²) in [6, 6.07) is 12.5. The van der Waals surface area contributed by atoms with Crippen LogP contribution in [0.3, 0.4) is 0 Å². The summed E-state index contributed by atoms with van der Waals surface area (Å²) in [5.74, 6) is -1.03. The molecule has 0 unspecified atom stereocenters. The van der Waals surface area contributed by atoms with Crippen LogP contribution in [-0.4, -0.2) is 48.6 Å². The zero-order valence-corrected chi connectivity index (χ0v) is 23.9. The minimum absolute atomic E-state index is 0.00220. The number of fused-ring (bicyclic) bond motifs is 4. The summed E-state index contributed by atoms with van der Waals surface area (Å²) in [7, 11) is 0.622. The van der Waals surface area contributed by atoms with Gasteiger partial charge in [0.25, 0.3) is 0 Å². The number of aromatic hydroxyl groups is 1. The van der Waals surface area contributed by atoms with Gasteiger partial charge >= 0.3 is 7.12 Å². The van der Waals surface area contributed by atoms with Crippen LogP contribution in [0.25, 0.3) is 6.08 Å². The molecule has 6 nitrogen and oxygen atoms in total. The molecule has 0 amide bonds. The number of ether oxygens (including phenoxy) is 1. The van der Waals surface area contributed by atoms with Crippen molar-refractivity contribution >= 4 is 40.7 Å². The lowest BCUT2D eigenvalue weighted by Crippen LogP contribution is -2.51. The van der Waals surface area contributed by atoms with Gasteiger partial charge in [0.2, 0.25) is 0 Å². The van der Waals surface area contributed by atoms with E-state index in [1.807, 2.05) is 12.1 Å². The molecule has 2 aromatic rings. The maximum atomic E-state index is 13.8. The lowest BCUT2D eigenvalue weighted by Gasteiger charge is -2.47. The number of phenolic OH excluding ortho intramolecular Hbond substituents is 1. The lowest BCUT2D eigenvalue weighted by atomic mass is 9.54. The maximum absolute atomic E-state index is 13.8. The zero-order valence-electron chi connectivity index (χ0n) is 22.4. The SMILES string of the molecule is CCC/C(=C\c1cc(Br)ccc1O)CC[C@H]1OB(O)C[C@H]2C1=C(COC)C[C@H]1C(=O)c3ccccc3C(=O)[C@H]12. The second-order valence-corrected chi connectivity index (χ2v) is 11.7. The molecular weight excluding hydrogens is 559 g/mol. The second kappa shape index (κ2) is 11.9. The molecule has 2 aliphatic carbocycles. The summed E-state index contributed by atoms with van der Waals surface area (Å²) in [5.41, 5.74) is 4.93. The first kappa shape index (κ1) is 28.0. The second-order valence-electron chi connectivity index (χ2n) is 10.8. The van der Waals surface area contributed by atoms with Crippen molar-refractivity contribution in [2.45, 2.75) is 51.5 Å². The number of benzene rings is 2. The number of Topliss-reactive ketones (excluding diaryl/α,β-unsaturated/α-hetero) is 2. The summed E-state index contributed by atoms with van der Waals surface area (Å²) >= 11 is 3.48. The third-order valence-corrected chi connectivity index (χ3v) is 8.82. The van der Waals surface area contributed by atoms with Crippen LogP contribution in [0.2, 0.25) is 6.32 Å². The summed E-state index contributed by atoms with van der Waals surface area (Å²) in [4.78, 5) is 27.3. The fourth-order valence-electron chi connectivity index (χ4n) is 6.74. The molecule has 1 aliphatic heterocycles. The minimum atomic E-state index is -1.01. The third-order valence-electron chi connectivity index (χ3n) is 8.33. The number of carbonyl (C=O) groups is 2. The van der Waals surface area contributed by atoms with E-state index in [1.165, 1.54) is 5.57 Å². The van der Waals surface area contributed by atoms with Gasteiger partial charge in [-0.1, -0.05) is 65.2 Å². The first-order valence-corrected chi connectivity index (χ1v) is 14.5. The number of carbonyl (C=O) groups excluding carboxylic acids is 2. The Morgan fingerprint density at radius 1 is 1.13 bits per heavy atom. The maximum Gasteiger partial charge on any atom is 0.455 e. The number of halogens is 1. The van der Waals surface area contributed by atoms with Crippen molar-refractivity contribution in [3.63, 3.8) is 0 Å². The van der Waals surface area contributed by atoms with E-state index in [2.05, 4.69) is 22.9 Å². The van der Waals surface area contributed by atoms with Crippen LogP contribution >= 0.6 is 15.9 Å². The zero-order chi connectivity index (χ0) is 27.7. The van der Waals surface area contributed by atoms with Crippen LogP contribution in [0.4, 0.5) is 0 Å². The molecule has 8 heteroatoms. The normalized spacial score (nSPS) is 24.9. The number of allylic oxidation sites excluding steroid dienone is 1. The molecule has 39 heavy (non-hydrogen) atoms. The highest BCUT2D eigenvalue weighted by Gasteiger charge is 2.53. The highest BCUT2D eigenvalue weighted by Crippen LogP contribution is 2.51. The summed E-state index contributed by atoms with van der Waals surface area (Å²) in [6.45, 7) is 2.48. The van der Waals surface area contributed by atoms with Gasteiger partial charge in [0, 0.05) is 40.1 Å². The largest absolute Gasteiger partial charge is 0.507 e. The fourth-order valence-corrected chi connectivity index (χ4v) is 7.12. The molecule has 1 saturated heterocycles. The predicted octanol–water partition coefficient (Wildman–Crippen LogP) is 6.27. The van der Waals surface area contributed by atoms with Gasteiger partial charge < -0.3 is 19.5 Å². The molecule has 0 aromatic heterocycles. The molecule has 1 heterocycles. The average Bonchev–Trinajstić information content (AvgIpc) is 2.92. The monoisotopic (exact) mass is 592 g/mol. The number of methoxy groups -OCH3 is 1. The number of hydrogen-bond acceptors (Lipinski definition) is 6. The predicted molar refractivity (Wildman–Crippen MR) is 155 cm³/mol. The molecule has 0 radical (unpaired) electrons. The summed E-state index contributed by atoms with van der Waals surface area (Å²) < 4.78 is 12.6. The molecule has 0 saturated carbocycles. The smallest absolute Gasteiger partial charge is 0.455 e. The highest BCUT2D eigenvalue weighted by molar-refractivity contribution is 9.10. The van der Waals surface area contributed by atoms with E-state index >= 15 is 0 Å². The van der Waals surface area contributed by atoms with Crippen molar-refractivity contribution in [1.82, 2.24) is 0 Å². The molecule has 4 atom stereocenters. The topological polar surface area (TPSA) is 93.1 Å². The minimum Gasteiger partial charge on any atom is -0.507 e. The lowest BCUT2D eigenvalue weighted by molar-refractivity contribution is 0.0584. The van der Waals surface area contributed by atoms with E-state index in [0.717, 1.165) is 34.0 Å². The highest BCUT2D eigenvalue weighted by atomic mass is 79.9. The molecule has 204 valence electrons. The number of phenols is 1. The van der Waals surface area contributed by atoms with Crippen LogP contribution in [0.1, 0.15) is 65.3 Å². The van der Waals surface area contributed by atoms with Gasteiger partial charge in [0.05, 0.1) is 12.7 Å². The molecule has 2 N–H and O–H groups in total. The first-order chi connectivity index (χ1) is 18.8. The van der Waals surface area contributed by atoms with Crippen molar-refractivity contribution in [2.75, 3.05) is 13.7 Å². The Morgan fingerprint density at radius 3 is 2.59 bits per heavy atom. The van der Waals surface area contributed by atoms with E-state index < -0.39 is 19.0 Å². The van der Waals surface area contributed by atoms with Crippen molar-refractivity contribution in [3.8, 4) is 5.75 Å². The van der Waals surface area contributed by atoms with Crippen molar-refractivity contribution in [3.05, 3.63) is 80.3 Å². The molecular formula is C31H34BBrO6. The molecule has 0 bridgehead atoms. The Labute approximate surface area is 238 Å². The van der Waals surface area contributed by atoms with E-state index in [4.69, 9.17) is 9.39 Å². The van der Waals surface area contributed by atoms with E-state index in [9.17, 15) is 19.7 Å². The van der Waals surface area contributed by atoms with E-state index in [1.54, 1.807) is 43.5 Å². The van der Waals surface area contributed by atoms with Crippen LogP contribution in [0, 0.1) is 17.8 Å². The van der Waals surface area contributed by atoms with Gasteiger partial charge in [-0.3, -0.25) is 9.59 Å². The van der Waals surface area contributed by atoms with Gasteiger partial charge in [-0.25, -0.2) is 0 Å². The van der Waals surface area contributed by atoms with Crippen LogP contribution in [0.15, 0.2) is 63.7 Å². The van der Waals surface area contributed by atoms with Gasteiger partial charge in [-0.2, -0.15) is 0 Å². The standard InChI is InChI=1S/C31H34BBrO6/c1-3-6-18(13-19-14-21(33)10-11-26(19)34)9-12-27-28-20(17-38-2)15-24-29(25(28)16-32(37)39-27)31(36)23-8-5-4-7-22(23)30(24)35/h4-5,7-8,10-11,13-14,24-25,27,29,34,37H,3,6,9,12,15-17H2,1-2H3/b18-13+/t24-,25+,27-,29-/m1/s1. The van der Waals surface area contributed by atoms with Gasteiger partial charge in [0.15, 0.2) is 11.6 Å². The van der Waals surface area contributed by atoms with Crippen molar-refractivity contribution < 1.29 is 29.1 Å². The fraction of sp³-hybridized carbons (Fsp3) is 0.419. The third kappa shape index (κ3) is 5.57. The number of hydrogen-bond donors (Lipinski definition) is 2.